The fraction of sp³-hybridized carbons (Fsp3) is 0.107. The number of anilines is 1. The molecule has 0 heterocycles. The van der Waals surface area contributed by atoms with Crippen molar-refractivity contribution in [2.45, 2.75) is 25.0 Å². The van der Waals surface area contributed by atoms with Gasteiger partial charge >= 0.3 is 5.97 Å². The van der Waals surface area contributed by atoms with E-state index in [2.05, 4.69) is 15.9 Å². The first-order valence-corrected chi connectivity index (χ1v) is 13.4. The maximum absolute atomic E-state index is 13.9. The van der Waals surface area contributed by atoms with Crippen molar-refractivity contribution in [3.05, 3.63) is 124 Å². The SMILES string of the molecule is Cc1cc(Br)cc(C(=O)O)c1N(Cc1ccccc1)S(=O)(=O)c1ccc(OCc2ccccc2)cc1. The van der Waals surface area contributed by atoms with E-state index in [-0.39, 0.29) is 22.7 Å². The number of benzene rings is 4. The highest BCUT2D eigenvalue weighted by Gasteiger charge is 2.30. The number of hydrogen-bond acceptors (Lipinski definition) is 4. The van der Waals surface area contributed by atoms with E-state index in [0.717, 1.165) is 15.4 Å². The monoisotopic (exact) mass is 565 g/mol. The average Bonchev–Trinajstić information content (AvgIpc) is 2.87. The molecule has 4 rings (SSSR count). The predicted octanol–water partition coefficient (Wildman–Crippen LogP) is 6.43. The van der Waals surface area contributed by atoms with E-state index in [1.165, 1.54) is 18.2 Å². The molecule has 1 N–H and O–H groups in total. The lowest BCUT2D eigenvalue weighted by atomic mass is 10.1. The molecule has 0 bridgehead atoms. The summed E-state index contributed by atoms with van der Waals surface area (Å²) in [5, 5.41) is 9.90. The Bertz CT molecular complexity index is 1460. The second-order valence-electron chi connectivity index (χ2n) is 8.17. The van der Waals surface area contributed by atoms with E-state index < -0.39 is 16.0 Å². The molecule has 0 saturated heterocycles. The van der Waals surface area contributed by atoms with Gasteiger partial charge in [0, 0.05) is 4.47 Å². The largest absolute Gasteiger partial charge is 0.489 e. The van der Waals surface area contributed by atoms with Gasteiger partial charge in [-0.05, 0) is 60.0 Å². The lowest BCUT2D eigenvalue weighted by Crippen LogP contribution is -2.32. The number of ether oxygens (including phenoxy) is 1. The molecule has 0 fully saturated rings. The standard InChI is InChI=1S/C28H24BrNO5S/c1-20-16-23(29)17-26(28(31)32)27(20)30(18-21-8-4-2-5-9-21)36(33,34)25-14-12-24(13-15-25)35-19-22-10-6-3-7-11-22/h2-17H,18-19H2,1H3,(H,31,32). The third-order valence-corrected chi connectivity index (χ3v) is 7.79. The Hall–Kier alpha value is -3.62. The molecular weight excluding hydrogens is 542 g/mol. The second-order valence-corrected chi connectivity index (χ2v) is 10.9. The number of nitrogens with zero attached hydrogens (tertiary/aromatic N) is 1. The van der Waals surface area contributed by atoms with Crippen LogP contribution in [0.15, 0.2) is 106 Å². The van der Waals surface area contributed by atoms with Crippen molar-refractivity contribution in [3.63, 3.8) is 0 Å². The molecule has 0 radical (unpaired) electrons. The molecule has 4 aromatic carbocycles. The molecule has 0 amide bonds. The van der Waals surface area contributed by atoms with Crippen molar-refractivity contribution < 1.29 is 23.1 Å². The van der Waals surface area contributed by atoms with Crippen LogP contribution in [0.4, 0.5) is 5.69 Å². The highest BCUT2D eigenvalue weighted by atomic mass is 79.9. The number of carboxylic acids is 1. The lowest BCUT2D eigenvalue weighted by molar-refractivity contribution is 0.0697. The Morgan fingerprint density at radius 3 is 2.06 bits per heavy atom. The smallest absolute Gasteiger partial charge is 0.337 e. The fourth-order valence-corrected chi connectivity index (χ4v) is 5.95. The van der Waals surface area contributed by atoms with Crippen LogP contribution >= 0.6 is 15.9 Å². The van der Waals surface area contributed by atoms with Crippen molar-refractivity contribution in [2.24, 2.45) is 0 Å². The Morgan fingerprint density at radius 2 is 1.47 bits per heavy atom. The first kappa shape index (κ1) is 25.5. The maximum Gasteiger partial charge on any atom is 0.337 e. The molecular formula is C28H24BrNO5S. The Morgan fingerprint density at radius 1 is 0.889 bits per heavy atom. The van der Waals surface area contributed by atoms with Gasteiger partial charge in [0.2, 0.25) is 0 Å². The third kappa shape index (κ3) is 5.78. The number of halogens is 1. The maximum atomic E-state index is 13.9. The molecule has 6 nitrogen and oxygen atoms in total. The van der Waals surface area contributed by atoms with Crippen molar-refractivity contribution in [3.8, 4) is 5.75 Å². The fourth-order valence-electron chi connectivity index (χ4n) is 3.84. The minimum Gasteiger partial charge on any atom is -0.489 e. The summed E-state index contributed by atoms with van der Waals surface area (Å²) in [6.45, 7) is 2.02. The quantitative estimate of drug-likeness (QED) is 0.253. The van der Waals surface area contributed by atoms with Crippen LogP contribution in [0.25, 0.3) is 0 Å². The zero-order chi connectivity index (χ0) is 25.7. The number of aromatic carboxylic acids is 1. The predicted molar refractivity (Wildman–Crippen MR) is 143 cm³/mol. The molecule has 0 aliphatic carbocycles. The topological polar surface area (TPSA) is 83.9 Å². The molecule has 0 aliphatic heterocycles. The van der Waals surface area contributed by atoms with Crippen molar-refractivity contribution in [1.82, 2.24) is 0 Å². The van der Waals surface area contributed by atoms with Gasteiger partial charge < -0.3 is 9.84 Å². The first-order valence-electron chi connectivity index (χ1n) is 11.1. The summed E-state index contributed by atoms with van der Waals surface area (Å²) in [6, 6.07) is 28.0. The summed E-state index contributed by atoms with van der Waals surface area (Å²) >= 11 is 3.32. The van der Waals surface area contributed by atoms with Crippen molar-refractivity contribution in [2.75, 3.05) is 4.31 Å². The van der Waals surface area contributed by atoms with Gasteiger partial charge in [-0.3, -0.25) is 4.31 Å². The number of aryl methyl sites for hydroxylation is 1. The van der Waals surface area contributed by atoms with Crippen LogP contribution in [0.3, 0.4) is 0 Å². The highest BCUT2D eigenvalue weighted by Crippen LogP contribution is 2.35. The summed E-state index contributed by atoms with van der Waals surface area (Å²) in [5.74, 6) is -0.689. The molecule has 0 aliphatic rings. The van der Waals surface area contributed by atoms with Gasteiger partial charge in [-0.25, -0.2) is 13.2 Å². The summed E-state index contributed by atoms with van der Waals surface area (Å²) in [5.41, 5.74) is 2.25. The van der Waals surface area contributed by atoms with Gasteiger partial charge in [-0.1, -0.05) is 76.6 Å². The molecule has 0 aromatic heterocycles. The minimum atomic E-state index is -4.13. The van der Waals surface area contributed by atoms with Gasteiger partial charge in [-0.2, -0.15) is 0 Å². The van der Waals surface area contributed by atoms with E-state index >= 15 is 0 Å². The van der Waals surface area contributed by atoms with Crippen LogP contribution in [0, 0.1) is 6.92 Å². The van der Waals surface area contributed by atoms with E-state index in [4.69, 9.17) is 4.74 Å². The van der Waals surface area contributed by atoms with Gasteiger partial charge in [0.05, 0.1) is 22.7 Å². The van der Waals surface area contributed by atoms with E-state index in [9.17, 15) is 18.3 Å². The number of sulfonamides is 1. The van der Waals surface area contributed by atoms with Crippen LogP contribution in [0.5, 0.6) is 5.75 Å². The van der Waals surface area contributed by atoms with Crippen LogP contribution in [0.2, 0.25) is 0 Å². The minimum absolute atomic E-state index is 0.0296. The third-order valence-electron chi connectivity index (χ3n) is 5.57. The van der Waals surface area contributed by atoms with Crippen LogP contribution in [-0.4, -0.2) is 19.5 Å². The average molecular weight is 566 g/mol. The Labute approximate surface area is 219 Å². The van der Waals surface area contributed by atoms with E-state index in [0.29, 0.717) is 22.4 Å². The molecule has 8 heteroatoms. The number of carboxylic acid groups (broad SMARTS) is 1. The Balaban J connectivity index is 1.72. The second kappa shape index (κ2) is 11.0. The van der Waals surface area contributed by atoms with Gasteiger partial charge in [-0.15, -0.1) is 0 Å². The van der Waals surface area contributed by atoms with E-state index in [1.54, 1.807) is 37.3 Å². The Kier molecular flexibility index (Phi) is 7.76. The molecule has 4 aromatic rings. The van der Waals surface area contributed by atoms with Crippen molar-refractivity contribution in [1.29, 1.82) is 0 Å². The molecule has 0 spiro atoms. The molecule has 0 unspecified atom stereocenters. The van der Waals surface area contributed by atoms with Crippen LogP contribution in [-0.2, 0) is 23.2 Å². The zero-order valence-corrected chi connectivity index (χ0v) is 21.9. The van der Waals surface area contributed by atoms with Gasteiger partial charge in [0.15, 0.2) is 0 Å². The molecule has 0 saturated carbocycles. The summed E-state index contributed by atoms with van der Waals surface area (Å²) < 4.78 is 35.3. The van der Waals surface area contributed by atoms with Crippen LogP contribution < -0.4 is 9.04 Å². The van der Waals surface area contributed by atoms with Crippen LogP contribution in [0.1, 0.15) is 27.0 Å². The first-order chi connectivity index (χ1) is 17.3. The molecule has 0 atom stereocenters. The summed E-state index contributed by atoms with van der Waals surface area (Å²) in [4.78, 5) is 12.2. The number of hydrogen-bond donors (Lipinski definition) is 1. The molecule has 184 valence electrons. The van der Waals surface area contributed by atoms with E-state index in [1.807, 2.05) is 48.5 Å². The zero-order valence-electron chi connectivity index (χ0n) is 19.5. The van der Waals surface area contributed by atoms with Gasteiger partial charge in [0.25, 0.3) is 10.0 Å². The summed E-state index contributed by atoms with van der Waals surface area (Å²) in [7, 11) is -4.13. The van der Waals surface area contributed by atoms with Gasteiger partial charge in [0.1, 0.15) is 12.4 Å². The summed E-state index contributed by atoms with van der Waals surface area (Å²) in [6.07, 6.45) is 0. The normalized spacial score (nSPS) is 11.2. The number of rotatable bonds is 9. The number of carbonyl (C=O) groups is 1. The van der Waals surface area contributed by atoms with Crippen molar-refractivity contribution >= 4 is 37.6 Å². The highest BCUT2D eigenvalue weighted by molar-refractivity contribution is 9.10. The molecule has 36 heavy (non-hydrogen) atoms. The lowest BCUT2D eigenvalue weighted by Gasteiger charge is -2.28.